The number of hydrogen-bond acceptors (Lipinski definition) is 3. The van der Waals surface area contributed by atoms with Crippen LogP contribution in [0.4, 0.5) is 4.79 Å². The first-order chi connectivity index (χ1) is 14.2. The molecule has 3 N–H and O–H groups in total. The van der Waals surface area contributed by atoms with Gasteiger partial charge in [0.15, 0.2) is 0 Å². The Balaban J connectivity index is 1.28. The molecule has 2 aliphatic rings. The highest BCUT2D eigenvalue weighted by molar-refractivity contribution is 5.83. The standard InChI is InChI=1S/C23H34N4O2/c1-18-5-6-20-19(16-25-21(20)15-18)7-10-24-22(28)26-17-23(8-3-2-4-9-23)27-11-13-29-14-12-27/h5-6,15-16,25H,2-4,7-14,17H2,1H3,(H2,24,26,28). The number of ether oxygens (including phenoxy) is 1. The second-order valence-electron chi connectivity index (χ2n) is 8.61. The van der Waals surface area contributed by atoms with Gasteiger partial charge in [-0.1, -0.05) is 31.4 Å². The molecule has 4 rings (SSSR count). The summed E-state index contributed by atoms with van der Waals surface area (Å²) in [5, 5.41) is 7.47. The molecular formula is C23H34N4O2. The summed E-state index contributed by atoms with van der Waals surface area (Å²) in [6, 6.07) is 6.40. The predicted octanol–water partition coefficient (Wildman–Crippen LogP) is 3.35. The van der Waals surface area contributed by atoms with Crippen LogP contribution in [0.2, 0.25) is 0 Å². The number of nitrogens with zero attached hydrogens (tertiary/aromatic N) is 1. The van der Waals surface area contributed by atoms with Crippen LogP contribution in [0, 0.1) is 6.92 Å². The maximum atomic E-state index is 12.5. The van der Waals surface area contributed by atoms with Crippen LogP contribution in [0.3, 0.4) is 0 Å². The maximum Gasteiger partial charge on any atom is 0.314 e. The number of fused-ring (bicyclic) bond motifs is 1. The largest absolute Gasteiger partial charge is 0.379 e. The highest BCUT2D eigenvalue weighted by Gasteiger charge is 2.38. The number of carbonyl (C=O) groups excluding carboxylic acids is 1. The van der Waals surface area contributed by atoms with E-state index in [-0.39, 0.29) is 11.6 Å². The van der Waals surface area contributed by atoms with Crippen LogP contribution in [-0.4, -0.2) is 60.8 Å². The van der Waals surface area contributed by atoms with Gasteiger partial charge in [0.1, 0.15) is 0 Å². The molecule has 1 saturated heterocycles. The number of hydrogen-bond donors (Lipinski definition) is 3. The van der Waals surface area contributed by atoms with Crippen molar-refractivity contribution in [2.75, 3.05) is 39.4 Å². The number of urea groups is 1. The fourth-order valence-electron chi connectivity index (χ4n) is 4.98. The molecule has 1 aromatic heterocycles. The minimum Gasteiger partial charge on any atom is -0.379 e. The molecule has 6 nitrogen and oxygen atoms in total. The Labute approximate surface area is 173 Å². The van der Waals surface area contributed by atoms with Crippen molar-refractivity contribution >= 4 is 16.9 Å². The van der Waals surface area contributed by atoms with Crippen LogP contribution in [0.25, 0.3) is 10.9 Å². The number of carbonyl (C=O) groups is 1. The lowest BCUT2D eigenvalue weighted by Crippen LogP contribution is -2.60. The Morgan fingerprint density at radius 2 is 1.97 bits per heavy atom. The van der Waals surface area contributed by atoms with Crippen LogP contribution in [0.1, 0.15) is 43.2 Å². The van der Waals surface area contributed by atoms with Gasteiger partial charge in [-0.25, -0.2) is 4.79 Å². The third-order valence-electron chi connectivity index (χ3n) is 6.65. The van der Waals surface area contributed by atoms with E-state index in [9.17, 15) is 4.79 Å². The molecule has 0 bridgehead atoms. The van der Waals surface area contributed by atoms with Crippen LogP contribution in [-0.2, 0) is 11.2 Å². The molecule has 0 atom stereocenters. The highest BCUT2D eigenvalue weighted by Crippen LogP contribution is 2.33. The zero-order chi connectivity index (χ0) is 20.1. The highest BCUT2D eigenvalue weighted by atomic mass is 16.5. The average molecular weight is 399 g/mol. The number of H-pyrrole nitrogens is 1. The van der Waals surface area contributed by atoms with Gasteiger partial charge in [-0.3, -0.25) is 4.90 Å². The van der Waals surface area contributed by atoms with Gasteiger partial charge < -0.3 is 20.4 Å². The van der Waals surface area contributed by atoms with E-state index in [2.05, 4.69) is 51.8 Å². The number of nitrogens with one attached hydrogen (secondary N) is 3. The van der Waals surface area contributed by atoms with Crippen molar-refractivity contribution < 1.29 is 9.53 Å². The summed E-state index contributed by atoms with van der Waals surface area (Å²) in [7, 11) is 0. The van der Waals surface area contributed by atoms with E-state index in [1.54, 1.807) is 0 Å². The number of aryl methyl sites for hydroxylation is 1. The predicted molar refractivity (Wildman–Crippen MR) is 116 cm³/mol. The number of aromatic nitrogens is 1. The third kappa shape index (κ3) is 4.75. The normalized spacial score (nSPS) is 19.9. The minimum absolute atomic E-state index is 0.0566. The fourth-order valence-corrected chi connectivity index (χ4v) is 4.98. The van der Waals surface area contributed by atoms with Crippen molar-refractivity contribution in [3.63, 3.8) is 0 Å². The number of aromatic amines is 1. The minimum atomic E-state index is -0.0566. The molecule has 6 heteroatoms. The van der Waals surface area contributed by atoms with Crippen molar-refractivity contribution in [3.05, 3.63) is 35.5 Å². The Morgan fingerprint density at radius 3 is 2.76 bits per heavy atom. The van der Waals surface area contributed by atoms with Gasteiger partial charge in [0.2, 0.25) is 0 Å². The number of benzene rings is 1. The Hall–Kier alpha value is -2.05. The van der Waals surface area contributed by atoms with Gasteiger partial charge in [-0.05, 0) is 43.4 Å². The molecule has 0 unspecified atom stereocenters. The lowest BCUT2D eigenvalue weighted by molar-refractivity contribution is -0.0357. The summed E-state index contributed by atoms with van der Waals surface area (Å²) < 4.78 is 5.54. The van der Waals surface area contributed by atoms with Crippen LogP contribution < -0.4 is 10.6 Å². The zero-order valence-electron chi connectivity index (χ0n) is 17.6. The fraction of sp³-hybridized carbons (Fsp3) is 0.609. The van der Waals surface area contributed by atoms with E-state index in [0.717, 1.165) is 44.8 Å². The average Bonchev–Trinajstić information content (AvgIpc) is 3.15. The number of rotatable bonds is 6. The lowest BCUT2D eigenvalue weighted by Gasteiger charge is -2.48. The Kier molecular flexibility index (Phi) is 6.40. The molecule has 29 heavy (non-hydrogen) atoms. The van der Waals surface area contributed by atoms with Gasteiger partial charge in [0, 0.05) is 48.8 Å². The molecule has 1 aliphatic heterocycles. The molecule has 2 aromatic rings. The zero-order valence-corrected chi connectivity index (χ0v) is 17.6. The van der Waals surface area contributed by atoms with Crippen molar-refractivity contribution in [1.29, 1.82) is 0 Å². The molecule has 1 aromatic carbocycles. The molecule has 158 valence electrons. The summed E-state index contributed by atoms with van der Waals surface area (Å²) in [4.78, 5) is 18.4. The van der Waals surface area contributed by atoms with Crippen molar-refractivity contribution in [2.45, 2.75) is 51.0 Å². The summed E-state index contributed by atoms with van der Waals surface area (Å²) in [5.41, 5.74) is 3.76. The molecule has 0 spiro atoms. The Bertz CT molecular complexity index is 819. The molecule has 1 saturated carbocycles. The first-order valence-corrected chi connectivity index (χ1v) is 11.1. The van der Waals surface area contributed by atoms with Crippen LogP contribution in [0.15, 0.2) is 24.4 Å². The van der Waals surface area contributed by atoms with Crippen molar-refractivity contribution in [1.82, 2.24) is 20.5 Å². The third-order valence-corrected chi connectivity index (χ3v) is 6.65. The van der Waals surface area contributed by atoms with Crippen LogP contribution in [0.5, 0.6) is 0 Å². The van der Waals surface area contributed by atoms with Gasteiger partial charge in [-0.15, -0.1) is 0 Å². The van der Waals surface area contributed by atoms with E-state index in [1.165, 1.54) is 48.6 Å². The molecule has 0 radical (unpaired) electrons. The van der Waals surface area contributed by atoms with E-state index in [1.807, 2.05) is 0 Å². The van der Waals surface area contributed by atoms with Crippen LogP contribution >= 0.6 is 0 Å². The first kappa shape index (κ1) is 20.2. The molecule has 2 heterocycles. The number of amides is 2. The monoisotopic (exact) mass is 398 g/mol. The SMILES string of the molecule is Cc1ccc2c(CCNC(=O)NCC3(N4CCOCC4)CCCCC3)c[nH]c2c1. The Morgan fingerprint density at radius 1 is 1.17 bits per heavy atom. The number of morpholine rings is 1. The molecular weight excluding hydrogens is 364 g/mol. The van der Waals surface area contributed by atoms with Gasteiger partial charge in [-0.2, -0.15) is 0 Å². The van der Waals surface area contributed by atoms with Crippen molar-refractivity contribution in [3.8, 4) is 0 Å². The van der Waals surface area contributed by atoms with E-state index in [0.29, 0.717) is 6.54 Å². The quantitative estimate of drug-likeness (QED) is 0.699. The summed E-state index contributed by atoms with van der Waals surface area (Å²) in [6.07, 6.45) is 9.03. The summed E-state index contributed by atoms with van der Waals surface area (Å²) in [6.45, 7) is 7.02. The molecule has 2 amide bonds. The van der Waals surface area contributed by atoms with E-state index < -0.39 is 0 Å². The lowest BCUT2D eigenvalue weighted by atomic mass is 9.80. The first-order valence-electron chi connectivity index (χ1n) is 11.1. The second-order valence-corrected chi connectivity index (χ2v) is 8.61. The van der Waals surface area contributed by atoms with Gasteiger partial charge in [0.25, 0.3) is 0 Å². The summed E-state index contributed by atoms with van der Waals surface area (Å²) in [5.74, 6) is 0. The van der Waals surface area contributed by atoms with E-state index in [4.69, 9.17) is 4.74 Å². The molecule has 1 aliphatic carbocycles. The smallest absolute Gasteiger partial charge is 0.314 e. The topological polar surface area (TPSA) is 69.4 Å². The maximum absolute atomic E-state index is 12.5. The second kappa shape index (κ2) is 9.18. The van der Waals surface area contributed by atoms with Gasteiger partial charge >= 0.3 is 6.03 Å². The van der Waals surface area contributed by atoms with Gasteiger partial charge in [0.05, 0.1) is 13.2 Å². The van der Waals surface area contributed by atoms with Crippen molar-refractivity contribution in [2.24, 2.45) is 0 Å². The molecule has 2 fully saturated rings. The summed E-state index contributed by atoms with van der Waals surface area (Å²) >= 11 is 0. The van der Waals surface area contributed by atoms with E-state index >= 15 is 0 Å².